The van der Waals surface area contributed by atoms with Gasteiger partial charge in [-0.2, -0.15) is 5.10 Å². The number of nitrogens with two attached hydrogens (primary N) is 1. The Labute approximate surface area is 103 Å². The van der Waals surface area contributed by atoms with Crippen LogP contribution in [0.4, 0.5) is 11.4 Å². The van der Waals surface area contributed by atoms with Crippen molar-refractivity contribution in [3.63, 3.8) is 0 Å². The van der Waals surface area contributed by atoms with Gasteiger partial charge in [0.25, 0.3) is 0 Å². The van der Waals surface area contributed by atoms with Crippen molar-refractivity contribution in [3.8, 4) is 0 Å². The predicted octanol–water partition coefficient (Wildman–Crippen LogP) is -0.197. The second kappa shape index (κ2) is 4.74. The van der Waals surface area contributed by atoms with Gasteiger partial charge in [-0.15, -0.1) is 0 Å². The normalized spacial score (nSPS) is 10.3. The third-order valence-corrected chi connectivity index (χ3v) is 2.42. The number of nitrogens with one attached hydrogen (secondary N) is 1. The lowest BCUT2D eigenvalue weighted by atomic mass is 10.2. The van der Waals surface area contributed by atoms with E-state index in [1.54, 1.807) is 31.3 Å². The number of carbonyl (C=O) groups is 1. The van der Waals surface area contributed by atoms with Crippen molar-refractivity contribution in [2.45, 2.75) is 6.54 Å². The van der Waals surface area contributed by atoms with E-state index in [1.807, 2.05) is 0 Å². The Morgan fingerprint density at radius 3 is 2.78 bits per heavy atom. The van der Waals surface area contributed by atoms with Crippen LogP contribution >= 0.6 is 0 Å². The molecule has 3 N–H and O–H groups in total. The summed E-state index contributed by atoms with van der Waals surface area (Å²) < 4.78 is 2.37. The Balaban J connectivity index is 2.08. The molecule has 0 fully saturated rings. The molecule has 1 amide bonds. The minimum atomic E-state index is -0.353. The first-order valence-corrected chi connectivity index (χ1v) is 5.30. The molecular weight excluding hydrogens is 234 g/mol. The van der Waals surface area contributed by atoms with Gasteiger partial charge in [0.05, 0.1) is 11.4 Å². The zero-order valence-electron chi connectivity index (χ0n) is 9.83. The number of nitrogens with zero attached hydrogens (tertiary/aromatic N) is 3. The van der Waals surface area contributed by atoms with Crippen molar-refractivity contribution < 1.29 is 4.79 Å². The minimum Gasteiger partial charge on any atom is -0.397 e. The number of para-hydroxylation sites is 2. The monoisotopic (exact) mass is 247 g/mol. The number of amides is 1. The summed E-state index contributed by atoms with van der Waals surface area (Å²) in [6.45, 7) is -0.145. The quantitative estimate of drug-likeness (QED) is 0.734. The van der Waals surface area contributed by atoms with Gasteiger partial charge in [-0.25, -0.2) is 9.48 Å². The number of aryl methyl sites for hydroxylation is 1. The summed E-state index contributed by atoms with van der Waals surface area (Å²) in [5.41, 5.74) is 6.34. The zero-order chi connectivity index (χ0) is 13.1. The molecule has 0 atom stereocenters. The summed E-state index contributed by atoms with van der Waals surface area (Å²) in [6, 6.07) is 6.91. The summed E-state index contributed by atoms with van der Waals surface area (Å²) in [5, 5.41) is 6.42. The molecular formula is C11H13N5O2. The topological polar surface area (TPSA) is 94.9 Å². The standard InChI is InChI=1S/C11H13N5O2/c1-15-7-13-16(11(15)18)6-10(17)14-9-5-3-2-4-8(9)12/h2-5,7H,6,12H2,1H3,(H,14,17). The van der Waals surface area contributed by atoms with E-state index in [-0.39, 0.29) is 18.1 Å². The SMILES string of the molecule is Cn1cnn(CC(=O)Nc2ccccc2N)c1=O. The lowest BCUT2D eigenvalue weighted by Gasteiger charge is -2.07. The van der Waals surface area contributed by atoms with Crippen molar-refractivity contribution >= 4 is 17.3 Å². The fourth-order valence-electron chi connectivity index (χ4n) is 1.47. The summed E-state index contributed by atoms with van der Waals surface area (Å²) >= 11 is 0. The lowest BCUT2D eigenvalue weighted by molar-refractivity contribution is -0.117. The van der Waals surface area contributed by atoms with Gasteiger partial charge in [0.2, 0.25) is 5.91 Å². The van der Waals surface area contributed by atoms with Crippen LogP contribution in [-0.4, -0.2) is 20.3 Å². The van der Waals surface area contributed by atoms with Crippen LogP contribution in [0.25, 0.3) is 0 Å². The molecule has 0 radical (unpaired) electrons. The third-order valence-electron chi connectivity index (χ3n) is 2.42. The molecule has 2 aromatic rings. The molecule has 0 aliphatic rings. The predicted molar refractivity (Wildman–Crippen MR) is 67.0 cm³/mol. The molecule has 0 saturated carbocycles. The van der Waals surface area contributed by atoms with Gasteiger partial charge in [-0.1, -0.05) is 12.1 Å². The molecule has 0 unspecified atom stereocenters. The van der Waals surface area contributed by atoms with Crippen LogP contribution in [0.15, 0.2) is 35.4 Å². The van der Waals surface area contributed by atoms with E-state index in [4.69, 9.17) is 5.73 Å². The van der Waals surface area contributed by atoms with Crippen molar-refractivity contribution in [2.75, 3.05) is 11.1 Å². The van der Waals surface area contributed by atoms with Gasteiger partial charge in [-0.05, 0) is 12.1 Å². The van der Waals surface area contributed by atoms with E-state index >= 15 is 0 Å². The Hall–Kier alpha value is -2.57. The highest BCUT2D eigenvalue weighted by atomic mass is 16.2. The summed E-state index contributed by atoms with van der Waals surface area (Å²) in [6.07, 6.45) is 1.35. The van der Waals surface area contributed by atoms with Crippen molar-refractivity contribution in [2.24, 2.45) is 7.05 Å². The van der Waals surface area contributed by atoms with Gasteiger partial charge >= 0.3 is 5.69 Å². The van der Waals surface area contributed by atoms with Gasteiger partial charge in [0.1, 0.15) is 12.9 Å². The molecule has 0 spiro atoms. The average Bonchev–Trinajstić information content (AvgIpc) is 2.64. The second-order valence-corrected chi connectivity index (χ2v) is 3.82. The molecule has 2 rings (SSSR count). The fourth-order valence-corrected chi connectivity index (χ4v) is 1.47. The number of rotatable bonds is 3. The number of aromatic nitrogens is 3. The van der Waals surface area contributed by atoms with Crippen LogP contribution in [0.1, 0.15) is 0 Å². The summed E-state index contributed by atoms with van der Waals surface area (Å²) in [5.74, 6) is -0.353. The van der Waals surface area contributed by atoms with E-state index in [9.17, 15) is 9.59 Å². The maximum atomic E-state index is 11.7. The van der Waals surface area contributed by atoms with Crippen LogP contribution in [-0.2, 0) is 18.4 Å². The molecule has 0 aliphatic carbocycles. The first kappa shape index (κ1) is 11.9. The Morgan fingerprint density at radius 2 is 2.17 bits per heavy atom. The van der Waals surface area contributed by atoms with Gasteiger partial charge in [0.15, 0.2) is 0 Å². The van der Waals surface area contributed by atoms with Crippen molar-refractivity contribution in [1.29, 1.82) is 0 Å². The molecule has 1 aromatic carbocycles. The largest absolute Gasteiger partial charge is 0.397 e. The van der Waals surface area contributed by atoms with E-state index in [1.165, 1.54) is 10.9 Å². The molecule has 0 bridgehead atoms. The number of benzene rings is 1. The third kappa shape index (κ3) is 2.40. The molecule has 7 heteroatoms. The first-order valence-electron chi connectivity index (χ1n) is 5.30. The summed E-state index contributed by atoms with van der Waals surface area (Å²) in [4.78, 5) is 23.2. The summed E-state index contributed by atoms with van der Waals surface area (Å²) in [7, 11) is 1.57. The van der Waals surface area contributed by atoms with E-state index in [2.05, 4.69) is 10.4 Å². The Kier molecular flexibility index (Phi) is 3.13. The molecule has 1 aromatic heterocycles. The first-order chi connectivity index (χ1) is 8.58. The molecule has 94 valence electrons. The fraction of sp³-hybridized carbons (Fsp3) is 0.182. The van der Waals surface area contributed by atoms with Crippen molar-refractivity contribution in [3.05, 3.63) is 41.1 Å². The van der Waals surface area contributed by atoms with Crippen molar-refractivity contribution in [1.82, 2.24) is 14.3 Å². The number of hydrogen-bond donors (Lipinski definition) is 2. The molecule has 18 heavy (non-hydrogen) atoms. The highest BCUT2D eigenvalue weighted by Crippen LogP contribution is 2.16. The maximum Gasteiger partial charge on any atom is 0.345 e. The van der Waals surface area contributed by atoms with Gasteiger partial charge in [0, 0.05) is 7.05 Å². The number of anilines is 2. The molecule has 0 saturated heterocycles. The van der Waals surface area contributed by atoms with E-state index in [0.717, 1.165) is 4.68 Å². The van der Waals surface area contributed by atoms with E-state index < -0.39 is 0 Å². The van der Waals surface area contributed by atoms with Crippen LogP contribution in [0.2, 0.25) is 0 Å². The van der Waals surface area contributed by atoms with Crippen LogP contribution in [0, 0.1) is 0 Å². The second-order valence-electron chi connectivity index (χ2n) is 3.82. The minimum absolute atomic E-state index is 0.145. The molecule has 1 heterocycles. The Morgan fingerprint density at radius 1 is 1.44 bits per heavy atom. The smallest absolute Gasteiger partial charge is 0.345 e. The lowest BCUT2D eigenvalue weighted by Crippen LogP contribution is -2.29. The highest BCUT2D eigenvalue weighted by molar-refractivity contribution is 5.93. The zero-order valence-corrected chi connectivity index (χ0v) is 9.83. The average molecular weight is 247 g/mol. The molecule has 0 aliphatic heterocycles. The Bertz CT molecular complexity index is 628. The van der Waals surface area contributed by atoms with E-state index in [0.29, 0.717) is 11.4 Å². The van der Waals surface area contributed by atoms with Crippen LogP contribution in [0.5, 0.6) is 0 Å². The molecule has 7 nitrogen and oxygen atoms in total. The number of nitrogen functional groups attached to an aromatic ring is 1. The number of hydrogen-bond acceptors (Lipinski definition) is 4. The van der Waals surface area contributed by atoms with Gasteiger partial charge < -0.3 is 11.1 Å². The highest BCUT2D eigenvalue weighted by Gasteiger charge is 2.09. The van der Waals surface area contributed by atoms with Gasteiger partial charge in [-0.3, -0.25) is 9.36 Å². The van der Waals surface area contributed by atoms with Crippen LogP contribution in [0.3, 0.4) is 0 Å². The van der Waals surface area contributed by atoms with Crippen LogP contribution < -0.4 is 16.7 Å². The maximum absolute atomic E-state index is 11.7. The number of carbonyl (C=O) groups excluding carboxylic acids is 1.